The Morgan fingerprint density at radius 1 is 1.73 bits per heavy atom. The van der Waals surface area contributed by atoms with Gasteiger partial charge >= 0.3 is 0 Å². The molecule has 0 saturated carbocycles. The van der Waals surface area contributed by atoms with Gasteiger partial charge in [-0.05, 0) is 19.2 Å². The molecular formula is C8H15OPS. The summed E-state index contributed by atoms with van der Waals surface area (Å²) < 4.78 is 4.97. The van der Waals surface area contributed by atoms with Gasteiger partial charge in [-0.15, -0.1) is 12.3 Å². The van der Waals surface area contributed by atoms with E-state index in [1.165, 1.54) is 0 Å². The minimum Gasteiger partial charge on any atom is -0.383 e. The Morgan fingerprint density at radius 2 is 2.36 bits per heavy atom. The fourth-order valence-electron chi connectivity index (χ4n) is 0.759. The summed E-state index contributed by atoms with van der Waals surface area (Å²) in [6, 6.07) is 0. The van der Waals surface area contributed by atoms with Gasteiger partial charge in [0.05, 0.1) is 6.61 Å². The van der Waals surface area contributed by atoms with Gasteiger partial charge in [-0.1, -0.05) is 7.12 Å². The molecule has 11 heavy (non-hydrogen) atoms. The molecule has 0 bridgehead atoms. The summed E-state index contributed by atoms with van der Waals surface area (Å²) in [5, 5.41) is 0. The molecule has 0 aliphatic heterocycles. The maximum atomic E-state index is 5.30. The second-order valence-electron chi connectivity index (χ2n) is 2.49. The van der Waals surface area contributed by atoms with Crippen LogP contribution in [0.5, 0.6) is 0 Å². The summed E-state index contributed by atoms with van der Waals surface area (Å²) in [5.74, 6) is 2.98. The summed E-state index contributed by atoms with van der Waals surface area (Å²) in [6.07, 6.45) is 7.46. The zero-order chi connectivity index (χ0) is 8.69. The first-order valence-corrected chi connectivity index (χ1v) is 6.68. The maximum absolute atomic E-state index is 5.30. The Bertz CT molecular complexity index is 131. The Hall–Kier alpha value is 0.300. The number of thiol groups is 1. The van der Waals surface area contributed by atoms with Gasteiger partial charge in [0.25, 0.3) is 0 Å². The summed E-state index contributed by atoms with van der Waals surface area (Å²) in [6.45, 7) is 2.81. The third-order valence-corrected chi connectivity index (χ3v) is 2.91. The molecular weight excluding hydrogens is 175 g/mol. The van der Waals surface area contributed by atoms with Gasteiger partial charge in [-0.2, -0.15) is 12.2 Å². The predicted octanol–water partition coefficient (Wildman–Crippen LogP) is 2.23. The minimum atomic E-state index is -0.106. The highest BCUT2D eigenvalue weighted by Gasteiger charge is 2.05. The second-order valence-corrected chi connectivity index (χ2v) is 6.30. The Balaban J connectivity index is 3.46. The van der Waals surface area contributed by atoms with Crippen LogP contribution in [0.3, 0.4) is 0 Å². The molecule has 2 unspecified atom stereocenters. The van der Waals surface area contributed by atoms with E-state index in [4.69, 9.17) is 11.2 Å². The summed E-state index contributed by atoms with van der Waals surface area (Å²) in [4.78, 5) is 0. The van der Waals surface area contributed by atoms with Crippen molar-refractivity contribution >= 4 is 19.4 Å². The average Bonchev–Trinajstić information content (AvgIpc) is 1.97. The number of hydrogen-bond acceptors (Lipinski definition) is 2. The van der Waals surface area contributed by atoms with E-state index in [2.05, 4.69) is 24.8 Å². The third-order valence-electron chi connectivity index (χ3n) is 1.40. The van der Waals surface area contributed by atoms with Crippen LogP contribution < -0.4 is 0 Å². The van der Waals surface area contributed by atoms with Gasteiger partial charge in [0, 0.05) is 13.0 Å². The maximum Gasteiger partial charge on any atom is 0.0600 e. The molecule has 0 aliphatic carbocycles. The molecule has 0 amide bonds. The van der Waals surface area contributed by atoms with Crippen molar-refractivity contribution in [2.45, 2.75) is 6.42 Å². The molecule has 0 N–H and O–H groups in total. The van der Waals surface area contributed by atoms with E-state index < -0.39 is 0 Å². The molecule has 0 fully saturated rings. The molecule has 3 heteroatoms. The molecule has 0 rings (SSSR count). The van der Waals surface area contributed by atoms with Crippen LogP contribution in [-0.4, -0.2) is 26.5 Å². The lowest BCUT2D eigenvalue weighted by molar-refractivity contribution is 0.172. The van der Waals surface area contributed by atoms with Gasteiger partial charge < -0.3 is 4.74 Å². The van der Waals surface area contributed by atoms with Crippen molar-refractivity contribution in [3.63, 3.8) is 0 Å². The van der Waals surface area contributed by atoms with Crippen LogP contribution in [0, 0.1) is 18.3 Å². The van der Waals surface area contributed by atoms with E-state index in [-0.39, 0.29) is 13.0 Å². The first-order valence-electron chi connectivity index (χ1n) is 3.55. The number of hydrogen-bond donors (Lipinski definition) is 1. The summed E-state index contributed by atoms with van der Waals surface area (Å²) in [7, 11) is 1.57. The van der Waals surface area contributed by atoms with Crippen molar-refractivity contribution in [2.24, 2.45) is 5.92 Å². The number of methoxy groups -OCH3 is 1. The van der Waals surface area contributed by atoms with Crippen LogP contribution in [0.25, 0.3) is 0 Å². The molecule has 0 spiro atoms. The second kappa shape index (κ2) is 6.98. The van der Waals surface area contributed by atoms with Crippen LogP contribution in [0.2, 0.25) is 0 Å². The third kappa shape index (κ3) is 6.69. The van der Waals surface area contributed by atoms with Gasteiger partial charge in [-0.25, -0.2) is 0 Å². The topological polar surface area (TPSA) is 9.23 Å². The molecule has 2 atom stereocenters. The highest BCUT2D eigenvalue weighted by molar-refractivity contribution is 8.45. The molecule has 0 radical (unpaired) electrons. The highest BCUT2D eigenvalue weighted by atomic mass is 32.7. The van der Waals surface area contributed by atoms with Gasteiger partial charge in [0.1, 0.15) is 0 Å². The van der Waals surface area contributed by atoms with Crippen LogP contribution in [0.15, 0.2) is 0 Å². The fourth-order valence-corrected chi connectivity index (χ4v) is 1.79. The van der Waals surface area contributed by atoms with E-state index in [1.807, 2.05) is 0 Å². The predicted molar refractivity (Wildman–Crippen MR) is 55.5 cm³/mol. The van der Waals surface area contributed by atoms with E-state index in [1.54, 1.807) is 7.11 Å². The van der Waals surface area contributed by atoms with Crippen molar-refractivity contribution in [2.75, 3.05) is 26.5 Å². The summed E-state index contributed by atoms with van der Waals surface area (Å²) in [5.41, 5.74) is 0. The quantitative estimate of drug-likeness (QED) is 0.397. The zero-order valence-electron chi connectivity index (χ0n) is 7.08. The van der Waals surface area contributed by atoms with Gasteiger partial charge in [0.15, 0.2) is 0 Å². The van der Waals surface area contributed by atoms with Crippen molar-refractivity contribution in [1.82, 2.24) is 0 Å². The molecule has 0 aromatic heterocycles. The van der Waals surface area contributed by atoms with Gasteiger partial charge in [0.2, 0.25) is 0 Å². The van der Waals surface area contributed by atoms with Crippen LogP contribution >= 0.6 is 19.4 Å². The Morgan fingerprint density at radius 3 is 2.73 bits per heavy atom. The lowest BCUT2D eigenvalue weighted by atomic mass is 10.1. The molecule has 0 saturated heterocycles. The first kappa shape index (κ1) is 11.3. The van der Waals surface area contributed by atoms with Crippen molar-refractivity contribution in [3.05, 3.63) is 0 Å². The van der Waals surface area contributed by atoms with Crippen LogP contribution in [0.1, 0.15) is 6.42 Å². The highest BCUT2D eigenvalue weighted by Crippen LogP contribution is 2.36. The molecule has 0 heterocycles. The van der Waals surface area contributed by atoms with Crippen molar-refractivity contribution < 1.29 is 4.74 Å². The molecule has 0 aliphatic rings. The molecule has 0 aromatic carbocycles. The average molecular weight is 190 g/mol. The van der Waals surface area contributed by atoms with Crippen molar-refractivity contribution in [1.29, 1.82) is 0 Å². The number of terminal acetylenes is 1. The molecule has 64 valence electrons. The largest absolute Gasteiger partial charge is 0.383 e. The fraction of sp³-hybridized carbons (Fsp3) is 0.750. The van der Waals surface area contributed by atoms with E-state index >= 15 is 0 Å². The van der Waals surface area contributed by atoms with E-state index in [0.29, 0.717) is 6.61 Å². The SMILES string of the molecule is C#CC(CCP(C)S)COC. The minimum absolute atomic E-state index is 0.106. The Labute approximate surface area is 75.8 Å². The Kier molecular flexibility index (Phi) is 7.17. The number of rotatable bonds is 5. The molecule has 0 aromatic rings. The van der Waals surface area contributed by atoms with Crippen LogP contribution in [0.4, 0.5) is 0 Å². The lowest BCUT2D eigenvalue weighted by Crippen LogP contribution is -2.06. The monoisotopic (exact) mass is 190 g/mol. The smallest absolute Gasteiger partial charge is 0.0600 e. The van der Waals surface area contributed by atoms with Gasteiger partial charge in [-0.3, -0.25) is 0 Å². The van der Waals surface area contributed by atoms with Crippen LogP contribution in [-0.2, 0) is 4.74 Å². The van der Waals surface area contributed by atoms with E-state index in [9.17, 15) is 0 Å². The first-order chi connectivity index (χ1) is 5.20. The molecule has 1 nitrogen and oxygen atoms in total. The van der Waals surface area contributed by atoms with E-state index in [0.717, 1.165) is 12.6 Å². The zero-order valence-corrected chi connectivity index (χ0v) is 8.87. The normalized spacial score (nSPS) is 15.5. The number of ether oxygens (including phenoxy) is 1. The standard InChI is InChI=1S/C8H15OPS/c1-4-8(7-9-2)5-6-10(3)11/h1,8,11H,5-7H2,2-3H3. The summed E-state index contributed by atoms with van der Waals surface area (Å²) >= 11 is 4.34. The van der Waals surface area contributed by atoms with Crippen molar-refractivity contribution in [3.8, 4) is 12.3 Å². The lowest BCUT2D eigenvalue weighted by Gasteiger charge is -2.10.